The van der Waals surface area contributed by atoms with Crippen LogP contribution in [0, 0.1) is 12.3 Å². The summed E-state index contributed by atoms with van der Waals surface area (Å²) >= 11 is 5.66. The van der Waals surface area contributed by atoms with Crippen LogP contribution in [0.2, 0.25) is 5.15 Å². The maximum Gasteiger partial charge on any atom is 0.134 e. The van der Waals surface area contributed by atoms with Crippen molar-refractivity contribution in [2.24, 2.45) is 0 Å². The van der Waals surface area contributed by atoms with Gasteiger partial charge in [0.15, 0.2) is 0 Å². The van der Waals surface area contributed by atoms with Gasteiger partial charge < -0.3 is 5.32 Å². The van der Waals surface area contributed by atoms with Gasteiger partial charge in [0, 0.05) is 19.0 Å². The van der Waals surface area contributed by atoms with E-state index in [1.165, 1.54) is 6.33 Å². The highest BCUT2D eigenvalue weighted by Crippen LogP contribution is 2.08. The minimum absolute atomic E-state index is 0.439. The van der Waals surface area contributed by atoms with Crippen LogP contribution >= 0.6 is 11.6 Å². The first-order chi connectivity index (χ1) is 6.33. The van der Waals surface area contributed by atoms with E-state index in [1.54, 1.807) is 6.07 Å². The summed E-state index contributed by atoms with van der Waals surface area (Å²) in [4.78, 5) is 7.75. The molecule has 0 saturated heterocycles. The van der Waals surface area contributed by atoms with Crippen LogP contribution in [-0.2, 0) is 0 Å². The normalized spacial score (nSPS) is 9.23. The Labute approximate surface area is 82.5 Å². The van der Waals surface area contributed by atoms with E-state index in [0.29, 0.717) is 5.15 Å². The molecule has 0 bridgehead atoms. The largest absolute Gasteiger partial charge is 0.370 e. The number of hydrogen-bond acceptors (Lipinski definition) is 3. The van der Waals surface area contributed by atoms with Crippen molar-refractivity contribution in [2.75, 3.05) is 11.9 Å². The topological polar surface area (TPSA) is 37.8 Å². The van der Waals surface area contributed by atoms with Gasteiger partial charge in [-0.1, -0.05) is 11.6 Å². The first-order valence-corrected chi connectivity index (χ1v) is 4.35. The van der Waals surface area contributed by atoms with E-state index in [9.17, 15) is 0 Å². The van der Waals surface area contributed by atoms with E-state index in [1.807, 2.05) is 0 Å². The summed E-state index contributed by atoms with van der Waals surface area (Å²) in [5.74, 6) is 3.30. The summed E-state index contributed by atoms with van der Waals surface area (Å²) in [5.41, 5.74) is 0. The molecule has 13 heavy (non-hydrogen) atoms. The first-order valence-electron chi connectivity index (χ1n) is 3.98. The van der Waals surface area contributed by atoms with E-state index >= 15 is 0 Å². The Morgan fingerprint density at radius 2 is 2.38 bits per heavy atom. The second-order valence-electron chi connectivity index (χ2n) is 2.46. The third-order valence-electron chi connectivity index (χ3n) is 1.44. The van der Waals surface area contributed by atoms with Crippen LogP contribution in [0.1, 0.15) is 12.8 Å². The Morgan fingerprint density at radius 3 is 3.08 bits per heavy atom. The SMILES string of the molecule is C#CCCCNc1cc(Cl)ncn1. The predicted octanol–water partition coefficient (Wildman–Crippen LogP) is 1.96. The summed E-state index contributed by atoms with van der Waals surface area (Å²) in [5, 5.41) is 3.53. The minimum atomic E-state index is 0.439. The molecule has 0 aliphatic carbocycles. The fraction of sp³-hybridized carbons (Fsp3) is 0.333. The lowest BCUT2D eigenvalue weighted by atomic mass is 10.3. The molecule has 0 amide bonds. The molecule has 0 atom stereocenters. The molecule has 3 nitrogen and oxygen atoms in total. The molecule has 0 unspecified atom stereocenters. The van der Waals surface area contributed by atoms with E-state index in [-0.39, 0.29) is 0 Å². The average Bonchev–Trinajstić information content (AvgIpc) is 2.13. The van der Waals surface area contributed by atoms with Crippen LogP contribution in [0.4, 0.5) is 5.82 Å². The van der Waals surface area contributed by atoms with Gasteiger partial charge in [-0.15, -0.1) is 12.3 Å². The smallest absolute Gasteiger partial charge is 0.134 e. The highest BCUT2D eigenvalue weighted by atomic mass is 35.5. The Bertz CT molecular complexity index is 306. The van der Waals surface area contributed by atoms with E-state index in [2.05, 4.69) is 21.2 Å². The molecule has 0 fully saturated rings. The molecular formula is C9H10ClN3. The molecule has 1 N–H and O–H groups in total. The number of unbranched alkanes of at least 4 members (excludes halogenated alkanes) is 1. The lowest BCUT2D eigenvalue weighted by molar-refractivity contribution is 0.899. The first kappa shape index (κ1) is 9.82. The molecule has 0 saturated carbocycles. The maximum atomic E-state index is 5.66. The lowest BCUT2D eigenvalue weighted by Crippen LogP contribution is -2.02. The van der Waals surface area contributed by atoms with Crippen molar-refractivity contribution in [2.45, 2.75) is 12.8 Å². The number of anilines is 1. The second-order valence-corrected chi connectivity index (χ2v) is 2.85. The summed E-state index contributed by atoms with van der Waals surface area (Å²) in [6.45, 7) is 0.803. The lowest BCUT2D eigenvalue weighted by Gasteiger charge is -2.02. The molecule has 0 aromatic carbocycles. The van der Waals surface area contributed by atoms with Crippen molar-refractivity contribution in [1.82, 2.24) is 9.97 Å². The summed E-state index contributed by atoms with van der Waals surface area (Å²) in [6.07, 6.45) is 8.23. The zero-order chi connectivity index (χ0) is 9.52. The summed E-state index contributed by atoms with van der Waals surface area (Å²) < 4.78 is 0. The van der Waals surface area contributed by atoms with Crippen LogP contribution in [0.25, 0.3) is 0 Å². The van der Waals surface area contributed by atoms with Crippen molar-refractivity contribution < 1.29 is 0 Å². The zero-order valence-electron chi connectivity index (χ0n) is 7.13. The van der Waals surface area contributed by atoms with Crippen LogP contribution < -0.4 is 5.32 Å². The van der Waals surface area contributed by atoms with E-state index < -0.39 is 0 Å². The Kier molecular flexibility index (Phi) is 4.07. The number of terminal acetylenes is 1. The molecule has 0 spiro atoms. The van der Waals surface area contributed by atoms with Crippen molar-refractivity contribution in [3.05, 3.63) is 17.5 Å². The van der Waals surface area contributed by atoms with Crippen LogP contribution in [0.15, 0.2) is 12.4 Å². The van der Waals surface area contributed by atoms with Gasteiger partial charge in [0.2, 0.25) is 0 Å². The predicted molar refractivity (Wildman–Crippen MR) is 53.6 cm³/mol. The molecule has 4 heteroatoms. The monoisotopic (exact) mass is 195 g/mol. The molecule has 1 aromatic heterocycles. The van der Waals surface area contributed by atoms with Crippen LogP contribution in [0.3, 0.4) is 0 Å². The maximum absolute atomic E-state index is 5.66. The average molecular weight is 196 g/mol. The number of hydrogen-bond donors (Lipinski definition) is 1. The quantitative estimate of drug-likeness (QED) is 0.454. The number of nitrogens with zero attached hydrogens (tertiary/aromatic N) is 2. The van der Waals surface area contributed by atoms with Gasteiger partial charge in [-0.3, -0.25) is 0 Å². The van der Waals surface area contributed by atoms with Crippen molar-refractivity contribution in [1.29, 1.82) is 0 Å². The third kappa shape index (κ3) is 3.77. The van der Waals surface area contributed by atoms with Gasteiger partial charge in [0.25, 0.3) is 0 Å². The van der Waals surface area contributed by atoms with Crippen LogP contribution in [0.5, 0.6) is 0 Å². The van der Waals surface area contributed by atoms with Gasteiger partial charge in [0.05, 0.1) is 0 Å². The fourth-order valence-corrected chi connectivity index (χ4v) is 0.984. The summed E-state index contributed by atoms with van der Waals surface area (Å²) in [6, 6.07) is 1.68. The Balaban J connectivity index is 2.33. The number of aromatic nitrogens is 2. The minimum Gasteiger partial charge on any atom is -0.370 e. The highest BCUT2D eigenvalue weighted by Gasteiger charge is 1.94. The van der Waals surface area contributed by atoms with Crippen molar-refractivity contribution >= 4 is 17.4 Å². The van der Waals surface area contributed by atoms with Gasteiger partial charge in [-0.2, -0.15) is 0 Å². The highest BCUT2D eigenvalue weighted by molar-refractivity contribution is 6.29. The van der Waals surface area contributed by atoms with E-state index in [4.69, 9.17) is 18.0 Å². The molecule has 1 aromatic rings. The second kappa shape index (κ2) is 5.39. The van der Waals surface area contributed by atoms with Crippen LogP contribution in [-0.4, -0.2) is 16.5 Å². The molecule has 0 aliphatic rings. The number of rotatable bonds is 4. The van der Waals surface area contributed by atoms with Gasteiger partial charge >= 0.3 is 0 Å². The van der Waals surface area contributed by atoms with Gasteiger partial charge in [-0.05, 0) is 6.42 Å². The molecule has 1 rings (SSSR count). The Hall–Kier alpha value is -1.27. The van der Waals surface area contributed by atoms with E-state index in [0.717, 1.165) is 25.2 Å². The summed E-state index contributed by atoms with van der Waals surface area (Å²) in [7, 11) is 0. The standard InChI is InChI=1S/C9H10ClN3/c1-2-3-4-5-11-9-6-8(10)12-7-13-9/h1,6-7H,3-5H2,(H,11,12,13). The molecule has 1 heterocycles. The molecule has 0 radical (unpaired) electrons. The third-order valence-corrected chi connectivity index (χ3v) is 1.64. The van der Waals surface area contributed by atoms with Crippen molar-refractivity contribution in [3.8, 4) is 12.3 Å². The fourth-order valence-electron chi connectivity index (χ4n) is 0.837. The zero-order valence-corrected chi connectivity index (χ0v) is 7.88. The molecule has 68 valence electrons. The van der Waals surface area contributed by atoms with Crippen molar-refractivity contribution in [3.63, 3.8) is 0 Å². The number of nitrogens with one attached hydrogen (secondary N) is 1. The Morgan fingerprint density at radius 1 is 1.54 bits per heavy atom. The van der Waals surface area contributed by atoms with Gasteiger partial charge in [-0.25, -0.2) is 9.97 Å². The van der Waals surface area contributed by atoms with Gasteiger partial charge in [0.1, 0.15) is 17.3 Å². The number of halogens is 1. The molecular weight excluding hydrogens is 186 g/mol. The molecule has 0 aliphatic heterocycles.